The topological polar surface area (TPSA) is 87.1 Å². The first-order chi connectivity index (χ1) is 9.21. The molecule has 0 unspecified atom stereocenters. The lowest BCUT2D eigenvalue weighted by Gasteiger charge is -2.20. The van der Waals surface area contributed by atoms with Crippen LogP contribution in [0.3, 0.4) is 0 Å². The molecule has 3 N–H and O–H groups in total. The number of carbonyl (C=O) groups excluding carboxylic acids is 1. The molecule has 1 saturated carbocycles. The van der Waals surface area contributed by atoms with E-state index in [-0.39, 0.29) is 5.91 Å². The fourth-order valence-electron chi connectivity index (χ4n) is 2.23. The molecule has 0 radical (unpaired) electrons. The summed E-state index contributed by atoms with van der Waals surface area (Å²) in [4.78, 5) is 19.9. The van der Waals surface area contributed by atoms with Crippen LogP contribution in [0.1, 0.15) is 32.1 Å². The fourth-order valence-corrected chi connectivity index (χ4v) is 2.23. The summed E-state index contributed by atoms with van der Waals surface area (Å²) in [6.45, 7) is 1.23. The van der Waals surface area contributed by atoms with Crippen LogP contribution in [-0.4, -0.2) is 39.7 Å². The molecule has 1 aromatic rings. The van der Waals surface area contributed by atoms with Crippen LogP contribution in [0.2, 0.25) is 0 Å². The summed E-state index contributed by atoms with van der Waals surface area (Å²) in [7, 11) is 0. The van der Waals surface area contributed by atoms with Crippen molar-refractivity contribution in [3.8, 4) is 0 Å². The van der Waals surface area contributed by atoms with Crippen molar-refractivity contribution in [2.45, 2.75) is 37.7 Å². The zero-order valence-electron chi connectivity index (χ0n) is 10.9. The molecule has 1 aromatic heterocycles. The third-order valence-electron chi connectivity index (χ3n) is 3.34. The first-order valence-electron chi connectivity index (χ1n) is 6.72. The van der Waals surface area contributed by atoms with Crippen molar-refractivity contribution in [3.05, 3.63) is 18.5 Å². The van der Waals surface area contributed by atoms with E-state index < -0.39 is 5.60 Å². The Morgan fingerprint density at radius 2 is 1.95 bits per heavy atom. The summed E-state index contributed by atoms with van der Waals surface area (Å²) in [5.74, 6) is 0.351. The zero-order chi connectivity index (χ0) is 13.6. The van der Waals surface area contributed by atoms with Crippen LogP contribution in [-0.2, 0) is 4.79 Å². The van der Waals surface area contributed by atoms with Crippen LogP contribution in [0.15, 0.2) is 18.5 Å². The quantitative estimate of drug-likeness (QED) is 0.658. The highest BCUT2D eigenvalue weighted by molar-refractivity contribution is 5.85. The van der Waals surface area contributed by atoms with Gasteiger partial charge in [-0.2, -0.15) is 0 Å². The number of aromatic nitrogens is 2. The first-order valence-corrected chi connectivity index (χ1v) is 6.72. The highest BCUT2D eigenvalue weighted by Crippen LogP contribution is 2.29. The molecular formula is C13H20N4O2. The molecule has 1 fully saturated rings. The van der Waals surface area contributed by atoms with E-state index in [1.165, 1.54) is 0 Å². The smallest absolute Gasteiger partial charge is 0.251 e. The average molecular weight is 264 g/mol. The van der Waals surface area contributed by atoms with E-state index in [4.69, 9.17) is 0 Å². The molecule has 6 nitrogen and oxygen atoms in total. The summed E-state index contributed by atoms with van der Waals surface area (Å²) >= 11 is 0. The van der Waals surface area contributed by atoms with E-state index in [0.29, 0.717) is 31.9 Å². The number of aliphatic hydroxyl groups is 1. The number of nitrogens with zero attached hydrogens (tertiary/aromatic N) is 2. The maximum atomic E-state index is 11.8. The second kappa shape index (κ2) is 6.47. The molecule has 1 amide bonds. The van der Waals surface area contributed by atoms with E-state index >= 15 is 0 Å². The van der Waals surface area contributed by atoms with Gasteiger partial charge in [-0.25, -0.2) is 9.97 Å². The van der Waals surface area contributed by atoms with E-state index in [2.05, 4.69) is 20.6 Å². The molecule has 0 saturated heterocycles. The number of hydrogen-bond acceptors (Lipinski definition) is 5. The highest BCUT2D eigenvalue weighted by atomic mass is 16.3. The van der Waals surface area contributed by atoms with Crippen molar-refractivity contribution in [2.75, 3.05) is 18.4 Å². The van der Waals surface area contributed by atoms with Crippen molar-refractivity contribution < 1.29 is 9.90 Å². The van der Waals surface area contributed by atoms with Gasteiger partial charge in [0.05, 0.1) is 0 Å². The molecule has 0 aliphatic heterocycles. The molecule has 1 aliphatic rings. The minimum atomic E-state index is -1.13. The largest absolute Gasteiger partial charge is 0.380 e. The summed E-state index contributed by atoms with van der Waals surface area (Å²) in [5.41, 5.74) is -1.13. The number of nitrogens with one attached hydrogen (secondary N) is 2. The molecule has 1 aliphatic carbocycles. The number of hydrogen-bond donors (Lipinski definition) is 3. The van der Waals surface area contributed by atoms with Crippen LogP contribution in [0, 0.1) is 0 Å². The summed E-state index contributed by atoms with van der Waals surface area (Å²) in [5, 5.41) is 15.9. The Labute approximate surface area is 112 Å². The summed E-state index contributed by atoms with van der Waals surface area (Å²) in [6.07, 6.45) is 7.12. The Kier molecular flexibility index (Phi) is 4.68. The van der Waals surface area contributed by atoms with Gasteiger partial charge in [0.1, 0.15) is 5.60 Å². The second-order valence-corrected chi connectivity index (χ2v) is 4.85. The number of carbonyl (C=O) groups is 1. The maximum absolute atomic E-state index is 11.8. The van der Waals surface area contributed by atoms with Gasteiger partial charge in [0.15, 0.2) is 0 Å². The standard InChI is InChI=1S/C13H20N4O2/c18-11(13(19)5-1-2-6-13)14-7-3-8-15-12-16-9-4-10-17-12/h4,9-10,19H,1-3,5-8H2,(H,14,18)(H,15,16,17). The Morgan fingerprint density at radius 1 is 1.26 bits per heavy atom. The van der Waals surface area contributed by atoms with Crippen molar-refractivity contribution in [3.63, 3.8) is 0 Å². The second-order valence-electron chi connectivity index (χ2n) is 4.85. The van der Waals surface area contributed by atoms with Gasteiger partial charge in [-0.15, -0.1) is 0 Å². The van der Waals surface area contributed by atoms with Gasteiger partial charge >= 0.3 is 0 Å². The maximum Gasteiger partial charge on any atom is 0.251 e. The molecule has 2 rings (SSSR count). The molecule has 0 aromatic carbocycles. The molecule has 0 spiro atoms. The third kappa shape index (κ3) is 3.89. The van der Waals surface area contributed by atoms with Crippen molar-refractivity contribution in [2.24, 2.45) is 0 Å². The van der Waals surface area contributed by atoms with E-state index in [0.717, 1.165) is 19.3 Å². The van der Waals surface area contributed by atoms with Gasteiger partial charge in [-0.3, -0.25) is 4.79 Å². The number of rotatable bonds is 6. The third-order valence-corrected chi connectivity index (χ3v) is 3.34. The summed E-state index contributed by atoms with van der Waals surface area (Å²) < 4.78 is 0. The van der Waals surface area contributed by atoms with Gasteiger partial charge in [0.2, 0.25) is 5.95 Å². The molecule has 104 valence electrons. The van der Waals surface area contributed by atoms with Gasteiger partial charge in [-0.1, -0.05) is 0 Å². The van der Waals surface area contributed by atoms with Gasteiger partial charge in [-0.05, 0) is 38.2 Å². The monoisotopic (exact) mass is 264 g/mol. The van der Waals surface area contributed by atoms with Gasteiger partial charge < -0.3 is 15.7 Å². The fraction of sp³-hybridized carbons (Fsp3) is 0.615. The van der Waals surface area contributed by atoms with Crippen LogP contribution in [0.25, 0.3) is 0 Å². The zero-order valence-corrected chi connectivity index (χ0v) is 10.9. The molecule has 0 atom stereocenters. The first kappa shape index (κ1) is 13.7. The Hall–Kier alpha value is -1.69. The number of amides is 1. The molecule has 19 heavy (non-hydrogen) atoms. The minimum Gasteiger partial charge on any atom is -0.380 e. The molecule has 1 heterocycles. The van der Waals surface area contributed by atoms with Crippen molar-refractivity contribution in [1.29, 1.82) is 0 Å². The van der Waals surface area contributed by atoms with Crippen LogP contribution >= 0.6 is 0 Å². The van der Waals surface area contributed by atoms with Crippen LogP contribution < -0.4 is 10.6 Å². The summed E-state index contributed by atoms with van der Waals surface area (Å²) in [6, 6.07) is 1.76. The van der Waals surface area contributed by atoms with Crippen LogP contribution in [0.5, 0.6) is 0 Å². The van der Waals surface area contributed by atoms with E-state index in [9.17, 15) is 9.90 Å². The van der Waals surface area contributed by atoms with Crippen molar-refractivity contribution >= 4 is 11.9 Å². The average Bonchev–Trinajstić information content (AvgIpc) is 2.88. The lowest BCUT2D eigenvalue weighted by atomic mass is 10.0. The van der Waals surface area contributed by atoms with Crippen LogP contribution in [0.4, 0.5) is 5.95 Å². The van der Waals surface area contributed by atoms with Crippen molar-refractivity contribution in [1.82, 2.24) is 15.3 Å². The Bertz CT molecular complexity index is 404. The minimum absolute atomic E-state index is 0.235. The van der Waals surface area contributed by atoms with E-state index in [1.54, 1.807) is 18.5 Å². The highest BCUT2D eigenvalue weighted by Gasteiger charge is 2.38. The lowest BCUT2D eigenvalue weighted by Crippen LogP contribution is -2.45. The number of anilines is 1. The predicted octanol–water partition coefficient (Wildman–Crippen LogP) is 0.700. The molecule has 6 heteroatoms. The Balaban J connectivity index is 1.60. The van der Waals surface area contributed by atoms with Gasteiger partial charge in [0, 0.05) is 25.5 Å². The normalized spacial score (nSPS) is 17.1. The SMILES string of the molecule is O=C(NCCCNc1ncccn1)C1(O)CCCC1. The molecular weight excluding hydrogens is 244 g/mol. The molecule has 0 bridgehead atoms. The Morgan fingerprint density at radius 3 is 2.63 bits per heavy atom. The van der Waals surface area contributed by atoms with Gasteiger partial charge in [0.25, 0.3) is 5.91 Å². The predicted molar refractivity (Wildman–Crippen MR) is 71.6 cm³/mol. The van der Waals surface area contributed by atoms with E-state index in [1.807, 2.05) is 0 Å². The lowest BCUT2D eigenvalue weighted by molar-refractivity contribution is -0.139.